The maximum absolute atomic E-state index is 11.0. The molecule has 2 rings (SSSR count). The summed E-state index contributed by atoms with van der Waals surface area (Å²) < 4.78 is 14.5. The van der Waals surface area contributed by atoms with Crippen molar-refractivity contribution < 1.29 is 24.6 Å². The Hall–Kier alpha value is -1.88. The molecule has 1 aromatic carbocycles. The summed E-state index contributed by atoms with van der Waals surface area (Å²) in [7, 11) is -4.52. The van der Waals surface area contributed by atoms with Gasteiger partial charge in [0.2, 0.25) is 0 Å². The quantitative estimate of drug-likeness (QED) is 0.470. The number of unbranched alkanes of at least 4 members (excludes halogenated alkanes) is 1. The van der Waals surface area contributed by atoms with Crippen LogP contribution >= 0.6 is 7.75 Å². The molecule has 23 heavy (non-hydrogen) atoms. The molecule has 0 aliphatic heterocycles. The molecule has 0 spiro atoms. The number of phenols is 1. The highest BCUT2D eigenvalue weighted by molar-refractivity contribution is 7.50. The van der Waals surface area contributed by atoms with E-state index >= 15 is 0 Å². The molecule has 0 amide bonds. The van der Waals surface area contributed by atoms with Crippen molar-refractivity contribution in [3.63, 3.8) is 0 Å². The lowest BCUT2D eigenvalue weighted by molar-refractivity contribution is 0.351. The summed E-state index contributed by atoms with van der Waals surface area (Å²) in [6.07, 6.45) is 7.47. The maximum atomic E-state index is 11.0. The second kappa shape index (κ2) is 7.59. The average molecular weight is 337 g/mol. The number of rotatable bonds is 6. The first kappa shape index (κ1) is 17.5. The third-order valence-corrected chi connectivity index (χ3v) is 4.10. The number of benzene rings is 1. The Bertz CT molecular complexity index is 689. The van der Waals surface area contributed by atoms with Gasteiger partial charge in [-0.2, -0.15) is 4.76 Å². The fourth-order valence-electron chi connectivity index (χ4n) is 2.57. The highest BCUT2D eigenvalue weighted by atomic mass is 31.2. The van der Waals surface area contributed by atoms with Crippen molar-refractivity contribution in [3.8, 4) is 5.75 Å². The summed E-state index contributed by atoms with van der Waals surface area (Å²) in [5, 5.41) is 19.3. The third kappa shape index (κ3) is 5.67. The molecule has 4 N–H and O–H groups in total. The molecule has 1 unspecified atom stereocenters. The Morgan fingerprint density at radius 3 is 2.65 bits per heavy atom. The molecule has 124 valence electrons. The monoisotopic (exact) mass is 337 g/mol. The topological polar surface area (TPSA) is 110 Å². The molecule has 0 bridgehead atoms. The largest absolute Gasteiger partial charge is 0.512 e. The van der Waals surface area contributed by atoms with Gasteiger partial charge in [0.15, 0.2) is 0 Å². The first-order valence-electron chi connectivity index (χ1n) is 7.36. The van der Waals surface area contributed by atoms with Crippen LogP contribution in [0.1, 0.15) is 24.8 Å². The lowest BCUT2D eigenvalue weighted by Gasteiger charge is -2.19. The number of nitrogens with zero attached hydrogens (tertiary/aromatic N) is 1. The maximum Gasteiger partial charge on any atom is 0.448 e. The van der Waals surface area contributed by atoms with Gasteiger partial charge in [0.05, 0.1) is 11.6 Å². The van der Waals surface area contributed by atoms with Crippen LogP contribution in [-0.2, 0) is 11.0 Å². The van der Waals surface area contributed by atoms with E-state index in [-0.39, 0.29) is 17.2 Å². The molecule has 0 fully saturated rings. The molecule has 0 aromatic heterocycles. The van der Waals surface area contributed by atoms with E-state index in [9.17, 15) is 14.8 Å². The molecule has 7 heteroatoms. The molecule has 0 saturated heterocycles. The molecule has 0 saturated carbocycles. The second-order valence-electron chi connectivity index (χ2n) is 5.46. The smallest absolute Gasteiger partial charge is 0.448 e. The van der Waals surface area contributed by atoms with E-state index in [0.717, 1.165) is 24.8 Å². The zero-order chi connectivity index (χ0) is 16.9. The lowest BCUT2D eigenvalue weighted by atomic mass is 9.90. The van der Waals surface area contributed by atoms with E-state index in [1.165, 1.54) is 18.2 Å². The molecule has 1 atom stereocenters. The van der Waals surface area contributed by atoms with E-state index in [1.807, 2.05) is 6.07 Å². The minimum absolute atomic E-state index is 0.0667. The minimum Gasteiger partial charge on any atom is -0.512 e. The fourth-order valence-corrected chi connectivity index (χ4v) is 3.07. The van der Waals surface area contributed by atoms with E-state index in [4.69, 9.17) is 9.79 Å². The van der Waals surface area contributed by atoms with Crippen molar-refractivity contribution >= 4 is 13.5 Å². The predicted octanol–water partition coefficient (Wildman–Crippen LogP) is 3.27. The summed E-state index contributed by atoms with van der Waals surface area (Å²) in [5.41, 5.74) is 1.23. The van der Waals surface area contributed by atoms with Gasteiger partial charge in [0.25, 0.3) is 0 Å². The van der Waals surface area contributed by atoms with Crippen molar-refractivity contribution in [1.29, 1.82) is 0 Å². The van der Waals surface area contributed by atoms with Gasteiger partial charge in [0, 0.05) is 0 Å². The van der Waals surface area contributed by atoms with Crippen LogP contribution < -0.4 is 0 Å². The summed E-state index contributed by atoms with van der Waals surface area (Å²) in [5.74, 6) is -0.189. The third-order valence-electron chi connectivity index (χ3n) is 3.61. The van der Waals surface area contributed by atoms with E-state index in [2.05, 4.69) is 4.76 Å². The molecular formula is C16H20NO5P. The Morgan fingerprint density at radius 1 is 1.17 bits per heavy atom. The Balaban J connectivity index is 1.92. The van der Waals surface area contributed by atoms with E-state index in [1.54, 1.807) is 18.2 Å². The molecule has 0 heterocycles. The van der Waals surface area contributed by atoms with Crippen LogP contribution in [0.15, 0.2) is 53.0 Å². The normalized spacial score (nSPS) is 19.8. The van der Waals surface area contributed by atoms with Crippen molar-refractivity contribution in [2.75, 3.05) is 0 Å². The van der Waals surface area contributed by atoms with Crippen LogP contribution in [0.5, 0.6) is 5.75 Å². The Morgan fingerprint density at radius 2 is 1.96 bits per heavy atom. The van der Waals surface area contributed by atoms with E-state index < -0.39 is 13.7 Å². The Labute approximate surface area is 134 Å². The summed E-state index contributed by atoms with van der Waals surface area (Å²) in [6, 6.07) is 7.05. The average Bonchev–Trinajstić information content (AvgIpc) is 2.44. The van der Waals surface area contributed by atoms with Crippen LogP contribution in [0, 0.1) is 5.92 Å². The van der Waals surface area contributed by atoms with Crippen LogP contribution in [0.2, 0.25) is 0 Å². The summed E-state index contributed by atoms with van der Waals surface area (Å²) in [6.45, 7) is 0. The number of hydrogen-bond acceptors (Lipinski definition) is 3. The minimum atomic E-state index is -4.52. The van der Waals surface area contributed by atoms with Crippen molar-refractivity contribution in [1.82, 2.24) is 0 Å². The first-order chi connectivity index (χ1) is 10.8. The van der Waals surface area contributed by atoms with Gasteiger partial charge >= 0.3 is 7.75 Å². The number of allylic oxidation sites excluding steroid dienone is 4. The Kier molecular flexibility index (Phi) is 5.77. The molecule has 1 aromatic rings. The second-order valence-corrected chi connectivity index (χ2v) is 6.68. The van der Waals surface area contributed by atoms with Crippen molar-refractivity contribution in [3.05, 3.63) is 53.8 Å². The zero-order valence-corrected chi connectivity index (χ0v) is 13.4. The highest BCUT2D eigenvalue weighted by Gasteiger charge is 2.24. The number of hydrogen-bond donors (Lipinski definition) is 4. The molecule has 1 aliphatic rings. The lowest BCUT2D eigenvalue weighted by Crippen LogP contribution is -2.17. The highest BCUT2D eigenvalue weighted by Crippen LogP contribution is 2.38. The molecule has 1 aliphatic carbocycles. The van der Waals surface area contributed by atoms with Crippen LogP contribution in [0.4, 0.5) is 0 Å². The van der Waals surface area contributed by atoms with Crippen molar-refractivity contribution in [2.24, 2.45) is 10.7 Å². The first-order valence-corrected chi connectivity index (χ1v) is 8.92. The van der Waals surface area contributed by atoms with Crippen LogP contribution in [0.25, 0.3) is 0 Å². The number of aliphatic hydroxyl groups is 1. The summed E-state index contributed by atoms with van der Waals surface area (Å²) >= 11 is 0. The molecule has 0 radical (unpaired) electrons. The van der Waals surface area contributed by atoms with Gasteiger partial charge in [0.1, 0.15) is 11.5 Å². The van der Waals surface area contributed by atoms with Crippen LogP contribution in [0.3, 0.4) is 0 Å². The van der Waals surface area contributed by atoms with E-state index in [0.29, 0.717) is 6.42 Å². The van der Waals surface area contributed by atoms with Gasteiger partial charge in [-0.1, -0.05) is 24.6 Å². The number of phenolic OH excluding ortho intramolecular Hbond substituents is 1. The van der Waals surface area contributed by atoms with Crippen molar-refractivity contribution in [2.45, 2.75) is 25.7 Å². The SMILES string of the molecule is O=P(O)(O)/N=C1\C=CC=C(O)C1CCCCc1cccc(O)c1. The van der Waals surface area contributed by atoms with Gasteiger partial charge in [-0.15, -0.1) is 0 Å². The fraction of sp³-hybridized carbons (Fsp3) is 0.312. The number of aromatic hydroxyl groups is 1. The van der Waals surface area contributed by atoms with Gasteiger partial charge < -0.3 is 20.0 Å². The van der Waals surface area contributed by atoms with Crippen LogP contribution in [-0.4, -0.2) is 25.7 Å². The predicted molar refractivity (Wildman–Crippen MR) is 88.5 cm³/mol. The standard InChI is InChI=1S/C16H20NO5P/c18-13-7-3-6-12(11-13)5-1-2-8-14-15(17-23(20,21)22)9-4-10-16(14)19/h3-4,6-7,9-11,14,18-19H,1-2,5,8H2,(H2,20,21,22)/b17-15+. The summed E-state index contributed by atoms with van der Waals surface area (Å²) in [4.78, 5) is 18.0. The number of aliphatic hydroxyl groups excluding tert-OH is 1. The molecular weight excluding hydrogens is 317 g/mol. The van der Waals surface area contributed by atoms with Gasteiger partial charge in [-0.05, 0) is 49.1 Å². The molecule has 6 nitrogen and oxygen atoms in total. The number of aryl methyl sites for hydroxylation is 1. The zero-order valence-electron chi connectivity index (χ0n) is 12.5. The van der Waals surface area contributed by atoms with Gasteiger partial charge in [-0.3, -0.25) is 0 Å². The van der Waals surface area contributed by atoms with Gasteiger partial charge in [-0.25, -0.2) is 4.57 Å².